The molecule has 0 atom stereocenters. The standard InChI is InChI=1S/C9H14N2OS/c1-12-5-8-11-7(6-13-8)4-9(10)2-3-9/h6H,2-5,10H2,1H3. The van der Waals surface area contributed by atoms with Crippen LogP contribution in [-0.2, 0) is 17.8 Å². The summed E-state index contributed by atoms with van der Waals surface area (Å²) in [4.78, 5) is 4.44. The monoisotopic (exact) mass is 198 g/mol. The Balaban J connectivity index is 1.97. The second-order valence-electron chi connectivity index (χ2n) is 3.70. The highest BCUT2D eigenvalue weighted by atomic mass is 32.1. The van der Waals surface area contributed by atoms with Crippen molar-refractivity contribution in [1.82, 2.24) is 4.98 Å². The Morgan fingerprint density at radius 3 is 3.08 bits per heavy atom. The lowest BCUT2D eigenvalue weighted by molar-refractivity contribution is 0.184. The third-order valence-corrected chi connectivity index (χ3v) is 3.16. The number of aromatic nitrogens is 1. The number of thiazole rings is 1. The van der Waals surface area contributed by atoms with E-state index in [-0.39, 0.29) is 5.54 Å². The van der Waals surface area contributed by atoms with Crippen LogP contribution in [-0.4, -0.2) is 17.6 Å². The van der Waals surface area contributed by atoms with Crippen molar-refractivity contribution in [1.29, 1.82) is 0 Å². The number of methoxy groups -OCH3 is 1. The number of ether oxygens (including phenoxy) is 1. The molecule has 0 radical (unpaired) electrons. The molecule has 1 aromatic heterocycles. The Morgan fingerprint density at radius 2 is 2.46 bits per heavy atom. The predicted molar refractivity (Wildman–Crippen MR) is 52.7 cm³/mol. The summed E-state index contributed by atoms with van der Waals surface area (Å²) in [7, 11) is 1.69. The summed E-state index contributed by atoms with van der Waals surface area (Å²) in [5, 5.41) is 3.13. The van der Waals surface area contributed by atoms with Gasteiger partial charge in [0.25, 0.3) is 0 Å². The average molecular weight is 198 g/mol. The zero-order chi connectivity index (χ0) is 9.31. The van der Waals surface area contributed by atoms with E-state index in [2.05, 4.69) is 10.4 Å². The molecule has 3 nitrogen and oxygen atoms in total. The molecule has 2 rings (SSSR count). The molecule has 0 aliphatic heterocycles. The molecule has 1 aliphatic carbocycles. The zero-order valence-electron chi connectivity index (χ0n) is 7.75. The summed E-state index contributed by atoms with van der Waals surface area (Å²) in [6.07, 6.45) is 3.21. The van der Waals surface area contributed by atoms with Gasteiger partial charge in [0.1, 0.15) is 5.01 Å². The number of hydrogen-bond donors (Lipinski definition) is 1. The smallest absolute Gasteiger partial charge is 0.119 e. The molecule has 0 saturated heterocycles. The minimum Gasteiger partial charge on any atom is -0.378 e. The van der Waals surface area contributed by atoms with E-state index in [4.69, 9.17) is 10.5 Å². The van der Waals surface area contributed by atoms with Crippen LogP contribution in [0, 0.1) is 0 Å². The fourth-order valence-electron chi connectivity index (χ4n) is 1.32. The van der Waals surface area contributed by atoms with E-state index in [1.165, 1.54) is 0 Å². The van der Waals surface area contributed by atoms with Gasteiger partial charge in [-0.05, 0) is 12.8 Å². The molecule has 72 valence electrons. The highest BCUT2D eigenvalue weighted by Gasteiger charge is 2.38. The van der Waals surface area contributed by atoms with Crippen molar-refractivity contribution in [2.45, 2.75) is 31.4 Å². The molecule has 2 N–H and O–H groups in total. The van der Waals surface area contributed by atoms with Gasteiger partial charge < -0.3 is 10.5 Å². The summed E-state index contributed by atoms with van der Waals surface area (Å²) in [5.41, 5.74) is 7.19. The van der Waals surface area contributed by atoms with E-state index in [0.29, 0.717) is 6.61 Å². The Labute approximate surface area is 81.9 Å². The van der Waals surface area contributed by atoms with Gasteiger partial charge in [-0.2, -0.15) is 0 Å². The van der Waals surface area contributed by atoms with Gasteiger partial charge in [0, 0.05) is 24.4 Å². The molecule has 1 aliphatic rings. The molecular weight excluding hydrogens is 184 g/mol. The highest BCUT2D eigenvalue weighted by molar-refractivity contribution is 7.09. The van der Waals surface area contributed by atoms with E-state index in [0.717, 1.165) is 30.0 Å². The van der Waals surface area contributed by atoms with Crippen LogP contribution in [0.5, 0.6) is 0 Å². The lowest BCUT2D eigenvalue weighted by Crippen LogP contribution is -2.24. The van der Waals surface area contributed by atoms with Gasteiger partial charge >= 0.3 is 0 Å². The van der Waals surface area contributed by atoms with Crippen molar-refractivity contribution >= 4 is 11.3 Å². The molecule has 4 heteroatoms. The molecule has 1 aromatic rings. The van der Waals surface area contributed by atoms with Gasteiger partial charge in [0.15, 0.2) is 0 Å². The molecule has 0 spiro atoms. The SMILES string of the molecule is COCc1nc(CC2(N)CC2)cs1. The fourth-order valence-corrected chi connectivity index (χ4v) is 2.08. The molecule has 13 heavy (non-hydrogen) atoms. The molecule has 0 aromatic carbocycles. The van der Waals surface area contributed by atoms with Crippen molar-refractivity contribution in [3.8, 4) is 0 Å². The molecule has 1 fully saturated rings. The third kappa shape index (κ3) is 2.27. The minimum atomic E-state index is 0.0679. The molecule has 1 saturated carbocycles. The summed E-state index contributed by atoms with van der Waals surface area (Å²) >= 11 is 1.65. The lowest BCUT2D eigenvalue weighted by atomic mass is 10.1. The van der Waals surface area contributed by atoms with E-state index in [1.54, 1.807) is 18.4 Å². The van der Waals surface area contributed by atoms with Crippen molar-refractivity contribution in [2.24, 2.45) is 5.73 Å². The van der Waals surface area contributed by atoms with Gasteiger partial charge in [0.05, 0.1) is 12.3 Å². The number of hydrogen-bond acceptors (Lipinski definition) is 4. The first-order valence-corrected chi connectivity index (χ1v) is 5.31. The summed E-state index contributed by atoms with van der Waals surface area (Å²) in [5.74, 6) is 0. The molecule has 0 bridgehead atoms. The van der Waals surface area contributed by atoms with Crippen LogP contribution >= 0.6 is 11.3 Å². The Morgan fingerprint density at radius 1 is 1.69 bits per heavy atom. The minimum absolute atomic E-state index is 0.0679. The van der Waals surface area contributed by atoms with Gasteiger partial charge in [0.2, 0.25) is 0 Å². The van der Waals surface area contributed by atoms with Gasteiger partial charge in [-0.25, -0.2) is 4.98 Å². The number of rotatable bonds is 4. The second kappa shape index (κ2) is 3.36. The number of nitrogens with two attached hydrogens (primary N) is 1. The maximum atomic E-state index is 6.00. The maximum Gasteiger partial charge on any atom is 0.119 e. The largest absolute Gasteiger partial charge is 0.378 e. The quantitative estimate of drug-likeness (QED) is 0.794. The topological polar surface area (TPSA) is 48.1 Å². The van der Waals surface area contributed by atoms with Crippen molar-refractivity contribution in [3.05, 3.63) is 16.1 Å². The van der Waals surface area contributed by atoms with Gasteiger partial charge in [-0.3, -0.25) is 0 Å². The summed E-state index contributed by atoms with van der Waals surface area (Å²) < 4.78 is 5.00. The zero-order valence-corrected chi connectivity index (χ0v) is 8.56. The normalized spacial score (nSPS) is 18.9. The average Bonchev–Trinajstić information content (AvgIpc) is 2.61. The molecule has 0 unspecified atom stereocenters. The van der Waals surface area contributed by atoms with Crippen molar-refractivity contribution < 1.29 is 4.74 Å². The van der Waals surface area contributed by atoms with Gasteiger partial charge in [-0.1, -0.05) is 0 Å². The van der Waals surface area contributed by atoms with E-state index >= 15 is 0 Å². The van der Waals surface area contributed by atoms with Crippen molar-refractivity contribution in [2.75, 3.05) is 7.11 Å². The van der Waals surface area contributed by atoms with Crippen LogP contribution < -0.4 is 5.73 Å². The molecular formula is C9H14N2OS. The summed E-state index contributed by atoms with van der Waals surface area (Å²) in [6.45, 7) is 0.613. The summed E-state index contributed by atoms with van der Waals surface area (Å²) in [6, 6.07) is 0. The second-order valence-corrected chi connectivity index (χ2v) is 4.65. The van der Waals surface area contributed by atoms with E-state index < -0.39 is 0 Å². The van der Waals surface area contributed by atoms with Crippen LogP contribution in [0.1, 0.15) is 23.5 Å². The Bertz CT molecular complexity index is 294. The number of nitrogens with zero attached hydrogens (tertiary/aromatic N) is 1. The predicted octanol–water partition coefficient (Wildman–Crippen LogP) is 1.32. The lowest BCUT2D eigenvalue weighted by Gasteiger charge is -2.03. The van der Waals surface area contributed by atoms with Crippen LogP contribution in [0.15, 0.2) is 5.38 Å². The van der Waals surface area contributed by atoms with Crippen molar-refractivity contribution in [3.63, 3.8) is 0 Å². The Kier molecular flexibility index (Phi) is 2.36. The van der Waals surface area contributed by atoms with E-state index in [1.807, 2.05) is 0 Å². The maximum absolute atomic E-state index is 6.00. The highest BCUT2D eigenvalue weighted by Crippen LogP contribution is 2.35. The molecule has 0 amide bonds. The van der Waals surface area contributed by atoms with E-state index in [9.17, 15) is 0 Å². The molecule has 1 heterocycles. The Hall–Kier alpha value is -0.450. The van der Waals surface area contributed by atoms with Gasteiger partial charge in [-0.15, -0.1) is 11.3 Å². The fraction of sp³-hybridized carbons (Fsp3) is 0.667. The van der Waals surface area contributed by atoms with Crippen LogP contribution in [0.2, 0.25) is 0 Å². The first kappa shape index (κ1) is 9.12. The van der Waals surface area contributed by atoms with Crippen LogP contribution in [0.25, 0.3) is 0 Å². The third-order valence-electron chi connectivity index (χ3n) is 2.29. The first-order chi connectivity index (χ1) is 6.22. The first-order valence-electron chi connectivity index (χ1n) is 4.43. The van der Waals surface area contributed by atoms with Crippen LogP contribution in [0.3, 0.4) is 0 Å². The van der Waals surface area contributed by atoms with Crippen LogP contribution in [0.4, 0.5) is 0 Å².